The van der Waals surface area contributed by atoms with Crippen LogP contribution in [0, 0.1) is 0 Å². The zero-order valence-electron chi connectivity index (χ0n) is 8.30. The van der Waals surface area contributed by atoms with Gasteiger partial charge in [0.1, 0.15) is 11.2 Å². The molecule has 74 valence electrons. The monoisotopic (exact) mass is 209 g/mol. The summed E-state index contributed by atoms with van der Waals surface area (Å²) in [6.45, 7) is 6.32. The summed E-state index contributed by atoms with van der Waals surface area (Å²) in [7, 11) is 0. The van der Waals surface area contributed by atoms with Gasteiger partial charge in [0.15, 0.2) is 5.82 Å². The van der Waals surface area contributed by atoms with Crippen LogP contribution in [-0.2, 0) is 5.54 Å². The third-order valence-corrected chi connectivity index (χ3v) is 2.51. The van der Waals surface area contributed by atoms with Crippen molar-refractivity contribution in [2.75, 3.05) is 0 Å². The highest BCUT2D eigenvalue weighted by molar-refractivity contribution is 7.09. The molecule has 0 aromatic carbocycles. The zero-order chi connectivity index (χ0) is 10.2. The molecule has 0 amide bonds. The lowest BCUT2D eigenvalue weighted by molar-refractivity contribution is 0.400. The summed E-state index contributed by atoms with van der Waals surface area (Å²) in [6, 6.07) is 0. The number of aromatic nitrogens is 5. The van der Waals surface area contributed by atoms with Gasteiger partial charge in [-0.3, -0.25) is 0 Å². The molecule has 2 rings (SSSR count). The standard InChI is InChI=1S/C8H11N5S/c1-8(2,3)13-5-10-11-7(13)6-4-9-12-14-6/h4-5H,1-3H3. The third kappa shape index (κ3) is 1.52. The minimum absolute atomic E-state index is 0.0250. The first-order valence-electron chi connectivity index (χ1n) is 4.27. The lowest BCUT2D eigenvalue weighted by Gasteiger charge is -2.21. The van der Waals surface area contributed by atoms with Gasteiger partial charge in [-0.25, -0.2) is 0 Å². The molecule has 0 radical (unpaired) electrons. The molecule has 2 heterocycles. The Labute approximate surface area is 86.0 Å². The van der Waals surface area contributed by atoms with Crippen molar-refractivity contribution in [3.63, 3.8) is 0 Å². The molecular weight excluding hydrogens is 198 g/mol. The second-order valence-electron chi connectivity index (χ2n) is 3.98. The van der Waals surface area contributed by atoms with E-state index in [1.807, 2.05) is 4.57 Å². The van der Waals surface area contributed by atoms with Crippen molar-refractivity contribution in [2.45, 2.75) is 26.3 Å². The highest BCUT2D eigenvalue weighted by Gasteiger charge is 2.19. The highest BCUT2D eigenvalue weighted by Crippen LogP contribution is 2.24. The molecular formula is C8H11N5S. The van der Waals surface area contributed by atoms with Crippen LogP contribution in [0.3, 0.4) is 0 Å². The van der Waals surface area contributed by atoms with Gasteiger partial charge in [0.2, 0.25) is 0 Å². The molecule has 0 bridgehead atoms. The first-order chi connectivity index (χ1) is 6.59. The average Bonchev–Trinajstić information content (AvgIpc) is 2.73. The summed E-state index contributed by atoms with van der Waals surface area (Å²) in [4.78, 5) is 0.942. The molecule has 0 spiro atoms. The molecule has 0 fully saturated rings. The molecule has 0 aliphatic carbocycles. The zero-order valence-corrected chi connectivity index (χ0v) is 9.12. The Balaban J connectivity index is 2.51. The Morgan fingerprint density at radius 1 is 1.29 bits per heavy atom. The number of hydrogen-bond donors (Lipinski definition) is 0. The normalized spacial score (nSPS) is 11.9. The number of nitrogens with zero attached hydrogens (tertiary/aromatic N) is 5. The van der Waals surface area contributed by atoms with E-state index >= 15 is 0 Å². The Kier molecular flexibility index (Phi) is 2.07. The van der Waals surface area contributed by atoms with Crippen LogP contribution >= 0.6 is 11.5 Å². The van der Waals surface area contributed by atoms with Crippen molar-refractivity contribution in [2.24, 2.45) is 0 Å². The molecule has 6 heteroatoms. The predicted octanol–water partition coefficient (Wildman–Crippen LogP) is 1.55. The van der Waals surface area contributed by atoms with E-state index in [2.05, 4.69) is 40.6 Å². The predicted molar refractivity (Wildman–Crippen MR) is 53.9 cm³/mol. The van der Waals surface area contributed by atoms with Crippen molar-refractivity contribution < 1.29 is 0 Å². The Hall–Kier alpha value is -1.30. The summed E-state index contributed by atoms with van der Waals surface area (Å²) in [5.41, 5.74) is -0.0250. The molecule has 0 saturated heterocycles. The van der Waals surface area contributed by atoms with Gasteiger partial charge in [-0.1, -0.05) is 4.49 Å². The molecule has 2 aromatic heterocycles. The van der Waals surface area contributed by atoms with Crippen LogP contribution in [0.1, 0.15) is 20.8 Å². The lowest BCUT2D eigenvalue weighted by atomic mass is 10.1. The fourth-order valence-electron chi connectivity index (χ4n) is 1.16. The summed E-state index contributed by atoms with van der Waals surface area (Å²) in [5, 5.41) is 11.8. The van der Waals surface area contributed by atoms with Gasteiger partial charge in [-0.15, -0.1) is 15.3 Å². The molecule has 0 N–H and O–H groups in total. The average molecular weight is 209 g/mol. The summed E-state index contributed by atoms with van der Waals surface area (Å²) < 4.78 is 5.83. The van der Waals surface area contributed by atoms with E-state index in [1.165, 1.54) is 11.5 Å². The first-order valence-corrected chi connectivity index (χ1v) is 5.04. The topological polar surface area (TPSA) is 56.5 Å². The van der Waals surface area contributed by atoms with E-state index in [0.717, 1.165) is 10.7 Å². The molecule has 2 aromatic rings. The van der Waals surface area contributed by atoms with Gasteiger partial charge in [-0.05, 0) is 32.3 Å². The summed E-state index contributed by atoms with van der Waals surface area (Å²) in [5.74, 6) is 0.826. The summed E-state index contributed by atoms with van der Waals surface area (Å²) >= 11 is 1.33. The van der Waals surface area contributed by atoms with E-state index in [-0.39, 0.29) is 5.54 Å². The second kappa shape index (κ2) is 3.13. The Bertz CT molecular complexity index is 411. The van der Waals surface area contributed by atoms with Crippen LogP contribution in [0.15, 0.2) is 12.5 Å². The van der Waals surface area contributed by atoms with Gasteiger partial charge in [0.05, 0.1) is 6.20 Å². The van der Waals surface area contributed by atoms with Crippen LogP contribution in [0.4, 0.5) is 0 Å². The van der Waals surface area contributed by atoms with Crippen LogP contribution < -0.4 is 0 Å². The SMILES string of the molecule is CC(C)(C)n1cnnc1-c1cnns1. The van der Waals surface area contributed by atoms with Gasteiger partial charge in [0, 0.05) is 5.54 Å². The fourth-order valence-corrected chi connectivity index (χ4v) is 1.66. The largest absolute Gasteiger partial charge is 0.307 e. The molecule has 0 saturated carbocycles. The van der Waals surface area contributed by atoms with Crippen LogP contribution in [-0.4, -0.2) is 24.4 Å². The molecule has 14 heavy (non-hydrogen) atoms. The molecule has 0 atom stereocenters. The third-order valence-electron chi connectivity index (χ3n) is 1.85. The minimum Gasteiger partial charge on any atom is -0.307 e. The van der Waals surface area contributed by atoms with Crippen molar-refractivity contribution >= 4 is 11.5 Å². The van der Waals surface area contributed by atoms with Crippen LogP contribution in [0.5, 0.6) is 0 Å². The lowest BCUT2D eigenvalue weighted by Crippen LogP contribution is -2.21. The van der Waals surface area contributed by atoms with E-state index in [1.54, 1.807) is 12.5 Å². The first kappa shape index (κ1) is 9.26. The summed E-state index contributed by atoms with van der Waals surface area (Å²) in [6.07, 6.45) is 3.44. The molecule has 0 unspecified atom stereocenters. The van der Waals surface area contributed by atoms with E-state index < -0.39 is 0 Å². The maximum absolute atomic E-state index is 4.07. The second-order valence-corrected chi connectivity index (χ2v) is 4.76. The Morgan fingerprint density at radius 3 is 2.64 bits per heavy atom. The van der Waals surface area contributed by atoms with Crippen LogP contribution in [0.25, 0.3) is 10.7 Å². The molecule has 5 nitrogen and oxygen atoms in total. The van der Waals surface area contributed by atoms with Crippen molar-refractivity contribution in [3.8, 4) is 10.7 Å². The number of rotatable bonds is 1. The quantitative estimate of drug-likeness (QED) is 0.715. The van der Waals surface area contributed by atoms with Crippen molar-refractivity contribution in [1.82, 2.24) is 24.4 Å². The van der Waals surface area contributed by atoms with Gasteiger partial charge < -0.3 is 4.57 Å². The van der Waals surface area contributed by atoms with E-state index in [9.17, 15) is 0 Å². The van der Waals surface area contributed by atoms with Crippen LogP contribution in [0.2, 0.25) is 0 Å². The van der Waals surface area contributed by atoms with Gasteiger partial charge in [-0.2, -0.15) is 0 Å². The maximum atomic E-state index is 4.07. The minimum atomic E-state index is -0.0250. The molecule has 0 aliphatic heterocycles. The highest BCUT2D eigenvalue weighted by atomic mass is 32.1. The van der Waals surface area contributed by atoms with E-state index in [4.69, 9.17) is 0 Å². The molecule has 0 aliphatic rings. The van der Waals surface area contributed by atoms with E-state index in [0.29, 0.717) is 0 Å². The smallest absolute Gasteiger partial charge is 0.177 e. The van der Waals surface area contributed by atoms with Crippen molar-refractivity contribution in [3.05, 3.63) is 12.5 Å². The Morgan fingerprint density at radius 2 is 2.07 bits per heavy atom. The fraction of sp³-hybridized carbons (Fsp3) is 0.500. The van der Waals surface area contributed by atoms with Gasteiger partial charge in [0.25, 0.3) is 0 Å². The number of hydrogen-bond acceptors (Lipinski definition) is 5. The van der Waals surface area contributed by atoms with Gasteiger partial charge >= 0.3 is 0 Å². The van der Waals surface area contributed by atoms with Crippen molar-refractivity contribution in [1.29, 1.82) is 0 Å². The maximum Gasteiger partial charge on any atom is 0.177 e.